The van der Waals surface area contributed by atoms with Crippen molar-refractivity contribution in [1.82, 2.24) is 10.6 Å². The molecule has 1 fully saturated rings. The van der Waals surface area contributed by atoms with Crippen LogP contribution < -0.4 is 10.6 Å². The zero-order valence-corrected chi connectivity index (χ0v) is 17.6. The number of aliphatic hydroxyl groups is 1. The van der Waals surface area contributed by atoms with E-state index < -0.39 is 11.6 Å². The van der Waals surface area contributed by atoms with Crippen LogP contribution in [0.15, 0.2) is 60.7 Å². The number of aliphatic hydroxyl groups excluding tert-OH is 1. The summed E-state index contributed by atoms with van der Waals surface area (Å²) in [4.78, 5) is 27.1. The molecule has 3 aromatic rings. The summed E-state index contributed by atoms with van der Waals surface area (Å²) in [5, 5.41) is 16.9. The van der Waals surface area contributed by atoms with Gasteiger partial charge in [0.05, 0.1) is 17.5 Å². The molecule has 0 aliphatic heterocycles. The average Bonchev–Trinajstić information content (AvgIpc) is 3.23. The van der Waals surface area contributed by atoms with Crippen LogP contribution in [0.3, 0.4) is 0 Å². The van der Waals surface area contributed by atoms with Crippen LogP contribution in [0.25, 0.3) is 10.1 Å². The van der Waals surface area contributed by atoms with Crippen molar-refractivity contribution < 1.29 is 14.7 Å². The fourth-order valence-corrected chi connectivity index (χ4v) is 5.11. The van der Waals surface area contributed by atoms with Gasteiger partial charge in [0.2, 0.25) is 5.91 Å². The first kappa shape index (κ1) is 20.6. The summed E-state index contributed by atoms with van der Waals surface area (Å²) < 4.78 is 1.05. The van der Waals surface area contributed by atoms with Gasteiger partial charge in [0.15, 0.2) is 0 Å². The lowest BCUT2D eigenvalue weighted by atomic mass is 9.80. The molecule has 1 aliphatic carbocycles. The maximum absolute atomic E-state index is 13.4. The van der Waals surface area contributed by atoms with Crippen LogP contribution in [-0.4, -0.2) is 29.1 Å². The highest BCUT2D eigenvalue weighted by atomic mass is 32.1. The largest absolute Gasteiger partial charge is 0.394 e. The molecule has 1 saturated carbocycles. The summed E-state index contributed by atoms with van der Waals surface area (Å²) >= 11 is 1.44. The maximum Gasteiger partial charge on any atom is 0.262 e. The molecule has 2 aromatic carbocycles. The minimum Gasteiger partial charge on any atom is -0.394 e. The summed E-state index contributed by atoms with van der Waals surface area (Å²) in [6.07, 6.45) is 4.02. The molecule has 0 spiro atoms. The standard InChI is InChI=1S/C24H26N2O3S/c27-16-19(17-9-3-1-4-10-17)25-23(29)24(13-7-2-8-14-24)26-22(28)21-15-18-11-5-6-12-20(18)30-21/h1,3-6,9-12,15,19,27H,2,7-8,13-14,16H2,(H,25,29)(H,26,28)/t19-/m1/s1. The number of nitrogens with one attached hydrogen (secondary N) is 2. The van der Waals surface area contributed by atoms with E-state index in [1.807, 2.05) is 60.7 Å². The summed E-state index contributed by atoms with van der Waals surface area (Å²) in [7, 11) is 0. The third-order valence-corrected chi connectivity index (χ3v) is 6.95. The fraction of sp³-hybridized carbons (Fsp3) is 0.333. The van der Waals surface area contributed by atoms with Crippen LogP contribution in [-0.2, 0) is 4.79 Å². The first-order chi connectivity index (χ1) is 14.6. The molecule has 4 rings (SSSR count). The predicted molar refractivity (Wildman–Crippen MR) is 120 cm³/mol. The minimum absolute atomic E-state index is 0.198. The fourth-order valence-electron chi connectivity index (χ4n) is 4.15. The Labute approximate surface area is 180 Å². The molecule has 1 aromatic heterocycles. The highest BCUT2D eigenvalue weighted by Crippen LogP contribution is 2.31. The highest BCUT2D eigenvalue weighted by molar-refractivity contribution is 7.20. The number of hydrogen-bond acceptors (Lipinski definition) is 4. The van der Waals surface area contributed by atoms with E-state index in [1.165, 1.54) is 11.3 Å². The summed E-state index contributed by atoms with van der Waals surface area (Å²) in [6, 6.07) is 18.7. The van der Waals surface area contributed by atoms with Gasteiger partial charge >= 0.3 is 0 Å². The quantitative estimate of drug-likeness (QED) is 0.558. The van der Waals surface area contributed by atoms with Crippen molar-refractivity contribution in [3.8, 4) is 0 Å². The summed E-state index contributed by atoms with van der Waals surface area (Å²) in [5.74, 6) is -0.437. The van der Waals surface area contributed by atoms with Gasteiger partial charge in [0.1, 0.15) is 5.54 Å². The molecule has 0 bridgehead atoms. The molecule has 0 saturated heterocycles. The Hall–Kier alpha value is -2.70. The van der Waals surface area contributed by atoms with Crippen LogP contribution in [0.1, 0.15) is 53.4 Å². The first-order valence-corrected chi connectivity index (χ1v) is 11.2. The molecule has 2 amide bonds. The van der Waals surface area contributed by atoms with Gasteiger partial charge in [-0.2, -0.15) is 0 Å². The Balaban J connectivity index is 1.55. The number of amides is 2. The Morgan fingerprint density at radius 1 is 1.00 bits per heavy atom. The van der Waals surface area contributed by atoms with E-state index in [0.717, 1.165) is 34.9 Å². The van der Waals surface area contributed by atoms with E-state index in [-0.39, 0.29) is 18.4 Å². The lowest BCUT2D eigenvalue weighted by molar-refractivity contribution is -0.129. The number of rotatable bonds is 6. The molecule has 0 unspecified atom stereocenters. The van der Waals surface area contributed by atoms with E-state index in [4.69, 9.17) is 0 Å². The number of thiophene rings is 1. The molecule has 30 heavy (non-hydrogen) atoms. The Bertz CT molecular complexity index is 992. The smallest absolute Gasteiger partial charge is 0.262 e. The van der Waals surface area contributed by atoms with E-state index in [0.29, 0.717) is 17.7 Å². The van der Waals surface area contributed by atoms with E-state index in [1.54, 1.807) is 0 Å². The molecule has 5 nitrogen and oxygen atoms in total. The summed E-state index contributed by atoms with van der Waals surface area (Å²) in [5.41, 5.74) is -0.108. The van der Waals surface area contributed by atoms with Crippen molar-refractivity contribution in [3.63, 3.8) is 0 Å². The Kier molecular flexibility index (Phi) is 6.16. The van der Waals surface area contributed by atoms with Gasteiger partial charge in [-0.15, -0.1) is 11.3 Å². The van der Waals surface area contributed by atoms with Crippen molar-refractivity contribution in [2.24, 2.45) is 0 Å². The third-order valence-electron chi connectivity index (χ3n) is 5.83. The van der Waals surface area contributed by atoms with Gasteiger partial charge in [-0.05, 0) is 35.9 Å². The van der Waals surface area contributed by atoms with Crippen molar-refractivity contribution in [2.75, 3.05) is 6.61 Å². The number of carbonyl (C=O) groups is 2. The molecule has 1 aliphatic rings. The lowest BCUT2D eigenvalue weighted by Gasteiger charge is -2.37. The lowest BCUT2D eigenvalue weighted by Crippen LogP contribution is -2.60. The zero-order valence-electron chi connectivity index (χ0n) is 16.8. The topological polar surface area (TPSA) is 78.4 Å². The molecule has 6 heteroatoms. The molecule has 1 heterocycles. The SMILES string of the molecule is O=C(NC1(C(=O)N[C@H](CO)c2ccccc2)CCCCC1)c1cc2ccccc2s1. The van der Waals surface area contributed by atoms with Gasteiger partial charge in [-0.1, -0.05) is 67.8 Å². The average molecular weight is 423 g/mol. The second-order valence-corrected chi connectivity index (χ2v) is 8.95. The normalized spacial score (nSPS) is 16.7. The third kappa shape index (κ3) is 4.25. The van der Waals surface area contributed by atoms with Gasteiger partial charge < -0.3 is 15.7 Å². The first-order valence-electron chi connectivity index (χ1n) is 10.4. The predicted octanol–water partition coefficient (Wildman–Crippen LogP) is 4.18. The van der Waals surface area contributed by atoms with Gasteiger partial charge in [0, 0.05) is 4.70 Å². The molecular formula is C24H26N2O3S. The number of benzene rings is 2. The zero-order chi connectivity index (χ0) is 21.0. The van der Waals surface area contributed by atoms with Gasteiger partial charge in [-0.3, -0.25) is 9.59 Å². The van der Waals surface area contributed by atoms with E-state index >= 15 is 0 Å². The Morgan fingerprint density at radius 3 is 2.40 bits per heavy atom. The molecule has 0 radical (unpaired) electrons. The number of fused-ring (bicyclic) bond motifs is 1. The molecular weight excluding hydrogens is 396 g/mol. The van der Waals surface area contributed by atoms with Gasteiger partial charge in [0.25, 0.3) is 5.91 Å². The van der Waals surface area contributed by atoms with Crippen molar-refractivity contribution >= 4 is 33.2 Å². The van der Waals surface area contributed by atoms with Crippen molar-refractivity contribution in [2.45, 2.75) is 43.7 Å². The maximum atomic E-state index is 13.4. The number of carbonyl (C=O) groups excluding carboxylic acids is 2. The van der Waals surface area contributed by atoms with Crippen LogP contribution in [0.2, 0.25) is 0 Å². The molecule has 156 valence electrons. The van der Waals surface area contributed by atoms with E-state index in [2.05, 4.69) is 10.6 Å². The van der Waals surface area contributed by atoms with Crippen LogP contribution in [0.5, 0.6) is 0 Å². The van der Waals surface area contributed by atoms with Crippen LogP contribution in [0.4, 0.5) is 0 Å². The van der Waals surface area contributed by atoms with Crippen molar-refractivity contribution in [3.05, 3.63) is 71.1 Å². The highest BCUT2D eigenvalue weighted by Gasteiger charge is 2.42. The second-order valence-electron chi connectivity index (χ2n) is 7.86. The van der Waals surface area contributed by atoms with Crippen LogP contribution >= 0.6 is 11.3 Å². The van der Waals surface area contributed by atoms with Crippen molar-refractivity contribution in [1.29, 1.82) is 0 Å². The monoisotopic (exact) mass is 422 g/mol. The van der Waals surface area contributed by atoms with E-state index in [9.17, 15) is 14.7 Å². The summed E-state index contributed by atoms with van der Waals surface area (Å²) in [6.45, 7) is -0.198. The minimum atomic E-state index is -0.951. The molecule has 1 atom stereocenters. The molecule has 3 N–H and O–H groups in total. The second kappa shape index (κ2) is 8.98. The van der Waals surface area contributed by atoms with Gasteiger partial charge in [-0.25, -0.2) is 0 Å². The Morgan fingerprint density at radius 2 is 1.70 bits per heavy atom. The van der Waals surface area contributed by atoms with Crippen LogP contribution in [0, 0.1) is 0 Å². The number of hydrogen-bond donors (Lipinski definition) is 3.